The molecule has 0 bridgehead atoms. The number of carbonyl (C=O) groups is 2. The molecule has 0 aromatic rings. The van der Waals surface area contributed by atoms with Gasteiger partial charge < -0.3 is 31.9 Å². The van der Waals surface area contributed by atoms with Gasteiger partial charge in [0.15, 0.2) is 0 Å². The smallest absolute Gasteiger partial charge is 0.353 e. The van der Waals surface area contributed by atoms with Crippen LogP contribution in [0.1, 0.15) is 26.7 Å². The summed E-state index contributed by atoms with van der Waals surface area (Å²) in [5.41, 5.74) is 11.8. The molecule has 0 spiro atoms. The van der Waals surface area contributed by atoms with Crippen LogP contribution in [0, 0.1) is 11.8 Å². The second-order valence-electron chi connectivity index (χ2n) is 7.50. The minimum absolute atomic E-state index is 0. The summed E-state index contributed by atoms with van der Waals surface area (Å²) in [4.78, 5) is 26.3. The molecule has 7 N–H and O–H groups in total. The number of carboxylic acid groups (broad SMARTS) is 1. The Kier molecular flexibility index (Phi) is 9.08. The van der Waals surface area contributed by atoms with E-state index in [1.165, 1.54) is 16.7 Å². The van der Waals surface area contributed by atoms with Crippen LogP contribution < -0.4 is 16.8 Å². The van der Waals surface area contributed by atoms with Crippen molar-refractivity contribution in [2.45, 2.75) is 56.2 Å². The van der Waals surface area contributed by atoms with Gasteiger partial charge in [-0.1, -0.05) is 6.92 Å². The van der Waals surface area contributed by atoms with Gasteiger partial charge in [-0.15, -0.1) is 36.6 Å². The van der Waals surface area contributed by atoms with Crippen LogP contribution in [-0.4, -0.2) is 69.6 Å². The number of nitrogens with one attached hydrogen (secondary N) is 1. The van der Waals surface area contributed by atoms with Gasteiger partial charge in [0, 0.05) is 34.7 Å². The highest BCUT2D eigenvalue weighted by molar-refractivity contribution is 8.03. The minimum atomic E-state index is -1.08. The molecule has 1 amide bonds. The van der Waals surface area contributed by atoms with Gasteiger partial charge >= 0.3 is 5.97 Å². The first-order valence-corrected chi connectivity index (χ1v) is 10.00. The van der Waals surface area contributed by atoms with Crippen LogP contribution in [0.25, 0.3) is 0 Å². The number of aliphatic hydroxyl groups excluding tert-OH is 1. The summed E-state index contributed by atoms with van der Waals surface area (Å²) in [7, 11) is 0. The number of aliphatic hydroxyl groups is 1. The quantitative estimate of drug-likeness (QED) is 0.340. The maximum absolute atomic E-state index is 12.4. The number of β-lactam (4-membered cyclic amide) rings is 1. The number of fused-ring (bicyclic) bond motifs is 1. The predicted octanol–water partition coefficient (Wildman–Crippen LogP) is 0.124. The fraction of sp³-hybridized carbons (Fsp3) is 0.765. The van der Waals surface area contributed by atoms with Crippen molar-refractivity contribution >= 4 is 48.5 Å². The van der Waals surface area contributed by atoms with E-state index in [9.17, 15) is 19.8 Å². The Balaban J connectivity index is 0.00000196. The van der Waals surface area contributed by atoms with E-state index in [1.807, 2.05) is 6.92 Å². The summed E-state index contributed by atoms with van der Waals surface area (Å²) in [6.45, 7) is 4.82. The number of halogens is 2. The molecule has 28 heavy (non-hydrogen) atoms. The molecule has 7 atom stereocenters. The monoisotopic (exact) mass is 456 g/mol. The molecule has 0 aliphatic carbocycles. The van der Waals surface area contributed by atoms with Crippen molar-refractivity contribution in [1.29, 1.82) is 0 Å². The maximum atomic E-state index is 12.4. The maximum Gasteiger partial charge on any atom is 0.353 e. The Labute approximate surface area is 181 Å². The molecule has 1 unspecified atom stereocenters. The molecule has 3 aliphatic heterocycles. The SMILES string of the molecule is C[C@@H](O)[C@H]1C(=O)N2C(C(=O)O)=C(S[C@@H]3CN[C@H](C(N)CCN)C3)[C@H](C)[C@H]12.Cl.Cl. The number of nitrogens with two attached hydrogens (primary N) is 2. The van der Waals surface area contributed by atoms with Crippen molar-refractivity contribution in [2.24, 2.45) is 23.3 Å². The fourth-order valence-electron chi connectivity index (χ4n) is 4.40. The first-order chi connectivity index (χ1) is 12.3. The second kappa shape index (κ2) is 9.97. The van der Waals surface area contributed by atoms with E-state index in [4.69, 9.17) is 11.5 Å². The lowest BCUT2D eigenvalue weighted by Crippen LogP contribution is -2.63. The van der Waals surface area contributed by atoms with Crippen molar-refractivity contribution in [3.05, 3.63) is 10.6 Å². The van der Waals surface area contributed by atoms with E-state index in [1.54, 1.807) is 6.92 Å². The molecule has 8 nitrogen and oxygen atoms in total. The van der Waals surface area contributed by atoms with Gasteiger partial charge in [0.05, 0.1) is 18.1 Å². The van der Waals surface area contributed by atoms with E-state index in [0.717, 1.165) is 24.3 Å². The van der Waals surface area contributed by atoms with E-state index >= 15 is 0 Å². The highest BCUT2D eigenvalue weighted by Crippen LogP contribution is 2.51. The standard InChI is InChI=1S/C17H28N4O4S.2ClH/c1-7-13-12(8(2)22)16(23)21(13)14(17(24)25)15(7)26-9-5-11(20-6-9)10(19)3-4-18;;/h7-13,20,22H,3-6,18-19H2,1-2H3,(H,24,25);2*1H/t7-,8-,9+,10?,11+,12-,13-;;/m1../s1. The lowest BCUT2D eigenvalue weighted by atomic mass is 9.79. The Morgan fingerprint density at radius 3 is 2.61 bits per heavy atom. The molecule has 0 aromatic carbocycles. The molecule has 2 saturated heterocycles. The largest absolute Gasteiger partial charge is 0.477 e. The third kappa shape index (κ3) is 4.30. The molecule has 162 valence electrons. The summed E-state index contributed by atoms with van der Waals surface area (Å²) >= 11 is 1.54. The lowest BCUT2D eigenvalue weighted by molar-refractivity contribution is -0.163. The Morgan fingerprint density at radius 1 is 1.43 bits per heavy atom. The van der Waals surface area contributed by atoms with Crippen LogP contribution in [-0.2, 0) is 9.59 Å². The van der Waals surface area contributed by atoms with E-state index in [0.29, 0.717) is 6.54 Å². The van der Waals surface area contributed by atoms with Gasteiger partial charge in [-0.3, -0.25) is 4.79 Å². The van der Waals surface area contributed by atoms with Crippen LogP contribution in [0.15, 0.2) is 10.6 Å². The number of carbonyl (C=O) groups excluding carboxylic acids is 1. The van der Waals surface area contributed by atoms with Gasteiger partial charge in [-0.05, 0) is 26.3 Å². The van der Waals surface area contributed by atoms with Crippen LogP contribution >= 0.6 is 36.6 Å². The average Bonchev–Trinajstić information content (AvgIpc) is 3.11. The van der Waals surface area contributed by atoms with Crippen LogP contribution in [0.4, 0.5) is 0 Å². The van der Waals surface area contributed by atoms with Crippen molar-refractivity contribution in [1.82, 2.24) is 10.2 Å². The summed E-state index contributed by atoms with van der Waals surface area (Å²) in [6.07, 6.45) is 0.805. The number of amides is 1. The van der Waals surface area contributed by atoms with E-state index in [-0.39, 0.29) is 65.7 Å². The Morgan fingerprint density at radius 2 is 2.07 bits per heavy atom. The molecule has 3 heterocycles. The molecule has 0 aromatic heterocycles. The predicted molar refractivity (Wildman–Crippen MR) is 114 cm³/mol. The number of hydrogen-bond donors (Lipinski definition) is 5. The zero-order valence-electron chi connectivity index (χ0n) is 15.9. The number of aliphatic carboxylic acids is 1. The Hall–Kier alpha value is -0.550. The van der Waals surface area contributed by atoms with Crippen LogP contribution in [0.2, 0.25) is 0 Å². The topological polar surface area (TPSA) is 142 Å². The summed E-state index contributed by atoms with van der Waals surface area (Å²) in [5.74, 6) is -2.00. The van der Waals surface area contributed by atoms with Crippen LogP contribution in [0.3, 0.4) is 0 Å². The summed E-state index contributed by atoms with van der Waals surface area (Å²) < 4.78 is 0. The molecular weight excluding hydrogens is 427 g/mol. The lowest BCUT2D eigenvalue weighted by Gasteiger charge is -2.46. The molecule has 11 heteroatoms. The highest BCUT2D eigenvalue weighted by atomic mass is 35.5. The number of rotatable bonds is 7. The van der Waals surface area contributed by atoms with Crippen molar-refractivity contribution in [2.75, 3.05) is 13.1 Å². The third-order valence-corrected chi connectivity index (χ3v) is 7.26. The second-order valence-corrected chi connectivity index (χ2v) is 8.85. The normalized spacial score (nSPS) is 33.5. The van der Waals surface area contributed by atoms with E-state index < -0.39 is 18.0 Å². The molecular formula is C17H30Cl2N4O4S. The number of hydrogen-bond acceptors (Lipinski definition) is 7. The van der Waals surface area contributed by atoms with Gasteiger partial charge in [-0.2, -0.15) is 0 Å². The molecule has 0 radical (unpaired) electrons. The minimum Gasteiger partial charge on any atom is -0.477 e. The first kappa shape index (κ1) is 25.5. The zero-order chi connectivity index (χ0) is 19.2. The fourth-order valence-corrected chi connectivity index (χ4v) is 5.89. The van der Waals surface area contributed by atoms with Gasteiger partial charge in [0.1, 0.15) is 5.70 Å². The third-order valence-electron chi connectivity index (χ3n) is 5.75. The summed E-state index contributed by atoms with van der Waals surface area (Å²) in [6, 6.07) is -0.105. The van der Waals surface area contributed by atoms with Crippen molar-refractivity contribution < 1.29 is 19.8 Å². The Bertz CT molecular complexity index is 636. The number of nitrogens with zero attached hydrogens (tertiary/aromatic N) is 1. The van der Waals surface area contributed by atoms with Crippen molar-refractivity contribution in [3.8, 4) is 0 Å². The molecule has 0 saturated carbocycles. The zero-order valence-corrected chi connectivity index (χ0v) is 18.4. The summed E-state index contributed by atoms with van der Waals surface area (Å²) in [5, 5.41) is 23.2. The first-order valence-electron chi connectivity index (χ1n) is 9.12. The molecule has 2 fully saturated rings. The molecule has 3 aliphatic rings. The molecule has 3 rings (SSSR count). The van der Waals surface area contributed by atoms with E-state index in [2.05, 4.69) is 5.32 Å². The van der Waals surface area contributed by atoms with Gasteiger partial charge in [0.25, 0.3) is 0 Å². The van der Waals surface area contributed by atoms with Gasteiger partial charge in [-0.25, -0.2) is 4.79 Å². The van der Waals surface area contributed by atoms with Crippen LogP contribution in [0.5, 0.6) is 0 Å². The van der Waals surface area contributed by atoms with Gasteiger partial charge in [0.2, 0.25) is 5.91 Å². The number of thioether (sulfide) groups is 1. The van der Waals surface area contributed by atoms with Crippen molar-refractivity contribution in [3.63, 3.8) is 0 Å². The highest BCUT2D eigenvalue weighted by Gasteiger charge is 2.60. The average molecular weight is 457 g/mol. The number of carboxylic acids is 1.